The predicted molar refractivity (Wildman–Crippen MR) is 60.2 cm³/mol. The second-order valence-electron chi connectivity index (χ2n) is 4.38. The SMILES string of the molecule is CCC(=O)C(C)c1cc(C(F)(F)F)cc(C(F)(F)F)c1. The molecule has 0 aliphatic heterocycles. The van der Waals surface area contributed by atoms with Crippen molar-refractivity contribution < 1.29 is 31.1 Å². The van der Waals surface area contributed by atoms with Crippen molar-refractivity contribution in [3.63, 3.8) is 0 Å². The first-order valence-electron chi connectivity index (χ1n) is 5.79. The Balaban J connectivity index is 3.42. The summed E-state index contributed by atoms with van der Waals surface area (Å²) in [5.41, 5.74) is -3.09. The standard InChI is InChI=1S/C13H12F6O/c1-3-11(20)7(2)8-4-9(12(14,15)16)6-10(5-8)13(17,18)19/h4-7H,3H2,1-2H3. The number of carbonyl (C=O) groups excluding carboxylic acids is 1. The van der Waals surface area contributed by atoms with Gasteiger partial charge in [0.2, 0.25) is 0 Å². The van der Waals surface area contributed by atoms with Crippen LogP contribution in [-0.4, -0.2) is 5.78 Å². The second kappa shape index (κ2) is 5.46. The van der Waals surface area contributed by atoms with E-state index >= 15 is 0 Å². The van der Waals surface area contributed by atoms with Crippen molar-refractivity contribution >= 4 is 5.78 Å². The Kier molecular flexibility index (Phi) is 4.51. The normalized spacial score (nSPS) is 14.2. The van der Waals surface area contributed by atoms with Crippen LogP contribution in [0.1, 0.15) is 42.9 Å². The van der Waals surface area contributed by atoms with Crippen molar-refractivity contribution in [2.24, 2.45) is 0 Å². The van der Waals surface area contributed by atoms with E-state index in [1.165, 1.54) is 13.8 Å². The third-order valence-corrected chi connectivity index (χ3v) is 2.94. The molecule has 0 heterocycles. The lowest BCUT2D eigenvalue weighted by molar-refractivity contribution is -0.143. The first kappa shape index (κ1) is 16.5. The second-order valence-corrected chi connectivity index (χ2v) is 4.38. The highest BCUT2D eigenvalue weighted by Gasteiger charge is 2.37. The molecule has 20 heavy (non-hydrogen) atoms. The third-order valence-electron chi connectivity index (χ3n) is 2.94. The van der Waals surface area contributed by atoms with Gasteiger partial charge in [0, 0.05) is 12.3 Å². The molecule has 0 amide bonds. The van der Waals surface area contributed by atoms with Crippen LogP contribution >= 0.6 is 0 Å². The Morgan fingerprint density at radius 1 is 1.00 bits per heavy atom. The van der Waals surface area contributed by atoms with E-state index in [0.29, 0.717) is 12.1 Å². The molecule has 1 nitrogen and oxygen atoms in total. The third kappa shape index (κ3) is 3.74. The van der Waals surface area contributed by atoms with Crippen LogP contribution in [-0.2, 0) is 17.1 Å². The fourth-order valence-electron chi connectivity index (χ4n) is 1.72. The zero-order chi connectivity index (χ0) is 15.7. The molecular weight excluding hydrogens is 286 g/mol. The Bertz CT molecular complexity index is 468. The van der Waals surface area contributed by atoms with Gasteiger partial charge in [-0.25, -0.2) is 0 Å². The highest BCUT2D eigenvalue weighted by molar-refractivity contribution is 5.85. The van der Waals surface area contributed by atoms with E-state index in [2.05, 4.69) is 0 Å². The Morgan fingerprint density at radius 2 is 1.40 bits per heavy atom. The van der Waals surface area contributed by atoms with Crippen molar-refractivity contribution in [3.05, 3.63) is 34.9 Å². The van der Waals surface area contributed by atoms with Gasteiger partial charge in [-0.15, -0.1) is 0 Å². The fourth-order valence-corrected chi connectivity index (χ4v) is 1.72. The van der Waals surface area contributed by atoms with E-state index in [0.717, 1.165) is 0 Å². The average molecular weight is 298 g/mol. The summed E-state index contributed by atoms with van der Waals surface area (Å²) in [6, 6.07) is 1.23. The number of carbonyl (C=O) groups is 1. The molecule has 1 atom stereocenters. The fraction of sp³-hybridized carbons (Fsp3) is 0.462. The van der Waals surface area contributed by atoms with Crippen molar-refractivity contribution in [3.8, 4) is 0 Å². The zero-order valence-electron chi connectivity index (χ0n) is 10.7. The summed E-state index contributed by atoms with van der Waals surface area (Å²) in [6.45, 7) is 2.79. The molecule has 7 heteroatoms. The van der Waals surface area contributed by atoms with E-state index < -0.39 is 35.2 Å². The molecule has 1 unspecified atom stereocenters. The van der Waals surface area contributed by atoms with Crippen LogP contribution in [0, 0.1) is 0 Å². The number of hydrogen-bond acceptors (Lipinski definition) is 1. The number of Topliss-reactive ketones (excluding diaryl/α,β-unsaturated/α-hetero) is 1. The van der Waals surface area contributed by atoms with Gasteiger partial charge >= 0.3 is 12.4 Å². The smallest absolute Gasteiger partial charge is 0.299 e. The number of rotatable bonds is 3. The number of alkyl halides is 6. The molecular formula is C13H12F6O. The summed E-state index contributed by atoms with van der Waals surface area (Å²) in [5, 5.41) is 0. The highest BCUT2D eigenvalue weighted by atomic mass is 19.4. The first-order chi connectivity index (χ1) is 8.96. The molecule has 1 aromatic rings. The lowest BCUT2D eigenvalue weighted by atomic mass is 9.92. The van der Waals surface area contributed by atoms with Gasteiger partial charge in [-0.1, -0.05) is 13.8 Å². The van der Waals surface area contributed by atoms with Gasteiger partial charge in [-0.05, 0) is 23.8 Å². The lowest BCUT2D eigenvalue weighted by Gasteiger charge is -2.17. The molecule has 0 saturated heterocycles. The number of ketones is 1. The molecule has 0 aliphatic rings. The number of hydrogen-bond donors (Lipinski definition) is 0. The quantitative estimate of drug-likeness (QED) is 0.732. The van der Waals surface area contributed by atoms with Crippen LogP contribution in [0.15, 0.2) is 18.2 Å². The van der Waals surface area contributed by atoms with Gasteiger partial charge in [0.05, 0.1) is 11.1 Å². The van der Waals surface area contributed by atoms with Crippen LogP contribution in [0.3, 0.4) is 0 Å². The molecule has 0 saturated carbocycles. The van der Waals surface area contributed by atoms with E-state index in [1.54, 1.807) is 0 Å². The molecule has 0 bridgehead atoms. The van der Waals surface area contributed by atoms with Crippen LogP contribution in [0.2, 0.25) is 0 Å². The van der Waals surface area contributed by atoms with Crippen LogP contribution < -0.4 is 0 Å². The highest BCUT2D eigenvalue weighted by Crippen LogP contribution is 2.37. The van der Waals surface area contributed by atoms with Crippen molar-refractivity contribution in [1.82, 2.24) is 0 Å². The minimum atomic E-state index is -4.90. The minimum absolute atomic E-state index is 0.0404. The van der Waals surface area contributed by atoms with Crippen molar-refractivity contribution in [2.45, 2.75) is 38.5 Å². The van der Waals surface area contributed by atoms with Crippen LogP contribution in [0.5, 0.6) is 0 Å². The average Bonchev–Trinajstić information content (AvgIpc) is 2.34. The van der Waals surface area contributed by atoms with Gasteiger partial charge in [-0.2, -0.15) is 26.3 Å². The molecule has 0 aliphatic carbocycles. The molecule has 0 aromatic heterocycles. The summed E-state index contributed by atoms with van der Waals surface area (Å²) in [7, 11) is 0. The maximum absolute atomic E-state index is 12.6. The summed E-state index contributed by atoms with van der Waals surface area (Å²) in [5.74, 6) is -1.43. The van der Waals surface area contributed by atoms with E-state index in [-0.39, 0.29) is 18.1 Å². The Hall–Kier alpha value is -1.53. The minimum Gasteiger partial charge on any atom is -0.299 e. The molecule has 0 spiro atoms. The summed E-state index contributed by atoms with van der Waals surface area (Å²) in [4.78, 5) is 11.5. The summed E-state index contributed by atoms with van der Waals surface area (Å²) in [6.07, 6.45) is -9.76. The number of halogens is 6. The maximum atomic E-state index is 12.6. The molecule has 0 fully saturated rings. The van der Waals surface area contributed by atoms with Gasteiger partial charge in [0.25, 0.3) is 0 Å². The van der Waals surface area contributed by atoms with Gasteiger partial charge < -0.3 is 0 Å². The molecule has 0 N–H and O–H groups in total. The summed E-state index contributed by atoms with van der Waals surface area (Å²) >= 11 is 0. The van der Waals surface area contributed by atoms with Crippen LogP contribution in [0.4, 0.5) is 26.3 Å². The van der Waals surface area contributed by atoms with Gasteiger partial charge in [0.15, 0.2) is 0 Å². The lowest BCUT2D eigenvalue weighted by Crippen LogP contribution is -2.15. The first-order valence-corrected chi connectivity index (χ1v) is 5.79. The Labute approximate surface area is 111 Å². The Morgan fingerprint density at radius 3 is 1.70 bits per heavy atom. The van der Waals surface area contributed by atoms with E-state index in [9.17, 15) is 31.1 Å². The molecule has 0 radical (unpaired) electrons. The monoisotopic (exact) mass is 298 g/mol. The van der Waals surface area contributed by atoms with Gasteiger partial charge in [0.1, 0.15) is 5.78 Å². The van der Waals surface area contributed by atoms with Crippen molar-refractivity contribution in [2.75, 3.05) is 0 Å². The topological polar surface area (TPSA) is 17.1 Å². The number of benzene rings is 1. The van der Waals surface area contributed by atoms with Crippen LogP contribution in [0.25, 0.3) is 0 Å². The largest absolute Gasteiger partial charge is 0.416 e. The van der Waals surface area contributed by atoms with E-state index in [4.69, 9.17) is 0 Å². The van der Waals surface area contributed by atoms with Gasteiger partial charge in [-0.3, -0.25) is 4.79 Å². The zero-order valence-corrected chi connectivity index (χ0v) is 10.7. The molecule has 1 rings (SSSR count). The maximum Gasteiger partial charge on any atom is 0.416 e. The molecule has 112 valence electrons. The summed E-state index contributed by atoms with van der Waals surface area (Å²) < 4.78 is 75.8. The molecule has 1 aromatic carbocycles. The van der Waals surface area contributed by atoms with E-state index in [1.807, 2.05) is 0 Å². The predicted octanol–water partition coefficient (Wildman–Crippen LogP) is 4.81. The van der Waals surface area contributed by atoms with Crippen molar-refractivity contribution in [1.29, 1.82) is 0 Å².